The fraction of sp³-hybridized carbons (Fsp3) is 0.591. The monoisotopic (exact) mass is 398 g/mol. The van der Waals surface area contributed by atoms with Gasteiger partial charge >= 0.3 is 0 Å². The summed E-state index contributed by atoms with van der Waals surface area (Å²) in [6, 6.07) is 3.74. The van der Waals surface area contributed by atoms with Crippen LogP contribution in [0.15, 0.2) is 18.3 Å². The van der Waals surface area contributed by atoms with Gasteiger partial charge in [0.25, 0.3) is 0 Å². The van der Waals surface area contributed by atoms with E-state index in [0.29, 0.717) is 23.3 Å². The van der Waals surface area contributed by atoms with Gasteiger partial charge in [0, 0.05) is 56.3 Å². The third-order valence-electron chi connectivity index (χ3n) is 6.38. The van der Waals surface area contributed by atoms with Gasteiger partial charge in [-0.1, -0.05) is 0 Å². The molecule has 0 spiro atoms. The van der Waals surface area contributed by atoms with E-state index in [0.717, 1.165) is 68.6 Å². The van der Waals surface area contributed by atoms with Crippen molar-refractivity contribution >= 4 is 16.9 Å². The van der Waals surface area contributed by atoms with Crippen LogP contribution in [0.25, 0.3) is 11.0 Å². The number of benzene rings is 1. The molecule has 0 unspecified atom stereocenters. The van der Waals surface area contributed by atoms with Gasteiger partial charge in [-0.2, -0.15) is 0 Å². The van der Waals surface area contributed by atoms with Crippen molar-refractivity contribution in [2.45, 2.75) is 31.6 Å². The Labute approximate surface area is 172 Å². The van der Waals surface area contributed by atoms with Gasteiger partial charge in [-0.25, -0.2) is 4.98 Å². The molecule has 0 radical (unpaired) electrons. The van der Waals surface area contributed by atoms with E-state index in [9.17, 15) is 4.79 Å². The summed E-state index contributed by atoms with van der Waals surface area (Å²) in [5, 5.41) is 0. The third kappa shape index (κ3) is 4.15. The zero-order valence-electron chi connectivity index (χ0n) is 17.6. The predicted molar refractivity (Wildman–Crippen MR) is 111 cm³/mol. The maximum atomic E-state index is 12.9. The maximum absolute atomic E-state index is 12.9. The van der Waals surface area contributed by atoms with Crippen LogP contribution in [0.4, 0.5) is 0 Å². The molecule has 0 bridgehead atoms. The zero-order valence-corrected chi connectivity index (χ0v) is 17.6. The Kier molecular flexibility index (Phi) is 5.85. The molecule has 29 heavy (non-hydrogen) atoms. The molecule has 1 saturated carbocycles. The average molecular weight is 399 g/mol. The molecule has 1 amide bonds. The first-order valence-corrected chi connectivity index (χ1v) is 10.4. The van der Waals surface area contributed by atoms with Crippen molar-refractivity contribution in [3.63, 3.8) is 0 Å². The molecule has 1 saturated heterocycles. The molecule has 2 fully saturated rings. The fourth-order valence-electron chi connectivity index (χ4n) is 4.47. The van der Waals surface area contributed by atoms with E-state index >= 15 is 0 Å². The Balaban J connectivity index is 1.42. The number of ether oxygens (including phenoxy) is 2. The highest BCUT2D eigenvalue weighted by Crippen LogP contribution is 2.37. The number of nitrogens with zero attached hydrogens (tertiary/aromatic N) is 4. The second-order valence-corrected chi connectivity index (χ2v) is 8.17. The Morgan fingerprint density at radius 1 is 0.966 bits per heavy atom. The molecule has 1 aromatic carbocycles. The number of aromatic nitrogens is 2. The Morgan fingerprint density at radius 2 is 1.59 bits per heavy atom. The number of hydrogen-bond acceptors (Lipinski definition) is 6. The van der Waals surface area contributed by atoms with Crippen molar-refractivity contribution in [1.82, 2.24) is 19.8 Å². The van der Waals surface area contributed by atoms with E-state index in [1.54, 1.807) is 14.2 Å². The van der Waals surface area contributed by atoms with Gasteiger partial charge in [-0.15, -0.1) is 0 Å². The van der Waals surface area contributed by atoms with E-state index in [1.807, 2.05) is 18.3 Å². The number of rotatable bonds is 4. The summed E-state index contributed by atoms with van der Waals surface area (Å²) in [6.45, 7) is 3.66. The van der Waals surface area contributed by atoms with E-state index in [-0.39, 0.29) is 5.92 Å². The lowest BCUT2D eigenvalue weighted by Gasteiger charge is -2.36. The molecule has 1 aliphatic carbocycles. The van der Waals surface area contributed by atoms with Gasteiger partial charge in [0.05, 0.1) is 30.9 Å². The highest BCUT2D eigenvalue weighted by Gasteiger charge is 2.31. The van der Waals surface area contributed by atoms with Crippen LogP contribution in [0.2, 0.25) is 0 Å². The molecule has 156 valence electrons. The second kappa shape index (κ2) is 8.53. The number of carbonyl (C=O) groups is 1. The van der Waals surface area contributed by atoms with Gasteiger partial charge in [0.2, 0.25) is 5.91 Å². The van der Waals surface area contributed by atoms with Crippen LogP contribution in [0.3, 0.4) is 0 Å². The Morgan fingerprint density at radius 3 is 2.21 bits per heavy atom. The number of methoxy groups -OCH3 is 2. The molecular weight excluding hydrogens is 368 g/mol. The number of fused-ring (bicyclic) bond motifs is 1. The Hall–Kier alpha value is -2.41. The van der Waals surface area contributed by atoms with E-state index in [1.165, 1.54) is 0 Å². The lowest BCUT2D eigenvalue weighted by Crippen LogP contribution is -2.49. The molecule has 1 aliphatic heterocycles. The summed E-state index contributed by atoms with van der Waals surface area (Å²) in [4.78, 5) is 26.6. The molecule has 7 nitrogen and oxygen atoms in total. The van der Waals surface area contributed by atoms with Crippen LogP contribution >= 0.6 is 0 Å². The normalized spacial score (nSPS) is 23.2. The standard InChI is InChI=1S/C22H30N4O3/c1-25-8-10-26(11-9-25)22(27)16-6-4-15(5-7-16)19-14-23-17-12-20(28-2)21(29-3)13-18(17)24-19/h12-16H,4-11H2,1-3H3. The van der Waals surface area contributed by atoms with Gasteiger partial charge in [-0.3, -0.25) is 9.78 Å². The summed E-state index contributed by atoms with van der Waals surface area (Å²) in [6.07, 6.45) is 5.71. The van der Waals surface area contributed by atoms with Crippen molar-refractivity contribution in [1.29, 1.82) is 0 Å². The zero-order chi connectivity index (χ0) is 20.4. The van der Waals surface area contributed by atoms with Gasteiger partial charge in [0.1, 0.15) is 0 Å². The number of likely N-dealkylation sites (N-methyl/N-ethyl adjacent to an activating group) is 1. The fourth-order valence-corrected chi connectivity index (χ4v) is 4.47. The molecule has 7 heteroatoms. The lowest BCUT2D eigenvalue weighted by atomic mass is 9.80. The Bertz CT molecular complexity index is 872. The number of amides is 1. The quantitative estimate of drug-likeness (QED) is 0.789. The molecule has 2 heterocycles. The smallest absolute Gasteiger partial charge is 0.225 e. The first kappa shape index (κ1) is 19.9. The maximum Gasteiger partial charge on any atom is 0.225 e. The minimum atomic E-state index is 0.160. The minimum absolute atomic E-state index is 0.160. The van der Waals surface area contributed by atoms with Gasteiger partial charge in [-0.05, 0) is 32.7 Å². The largest absolute Gasteiger partial charge is 0.493 e. The lowest BCUT2D eigenvalue weighted by molar-refractivity contribution is -0.138. The first-order chi connectivity index (χ1) is 14.1. The molecule has 2 aliphatic rings. The SMILES string of the molecule is COc1cc2ncc(C3CCC(C(=O)N4CCN(C)CC4)CC3)nc2cc1OC. The second-order valence-electron chi connectivity index (χ2n) is 8.17. The van der Waals surface area contributed by atoms with E-state index in [2.05, 4.69) is 21.8 Å². The first-order valence-electron chi connectivity index (χ1n) is 10.4. The molecule has 2 aromatic rings. The summed E-state index contributed by atoms with van der Waals surface area (Å²) in [5.74, 6) is 2.18. The number of piperazine rings is 1. The van der Waals surface area contributed by atoms with Crippen LogP contribution in [-0.2, 0) is 4.79 Å². The molecular formula is C22H30N4O3. The van der Waals surface area contributed by atoms with Crippen LogP contribution in [0.5, 0.6) is 11.5 Å². The van der Waals surface area contributed by atoms with Crippen molar-refractivity contribution in [3.8, 4) is 11.5 Å². The van der Waals surface area contributed by atoms with E-state index < -0.39 is 0 Å². The minimum Gasteiger partial charge on any atom is -0.493 e. The van der Waals surface area contributed by atoms with Crippen LogP contribution in [-0.4, -0.2) is 73.1 Å². The van der Waals surface area contributed by atoms with Gasteiger partial charge in [0.15, 0.2) is 11.5 Å². The number of hydrogen-bond donors (Lipinski definition) is 0. The van der Waals surface area contributed by atoms with Crippen molar-refractivity contribution in [3.05, 3.63) is 24.0 Å². The van der Waals surface area contributed by atoms with E-state index in [4.69, 9.17) is 14.5 Å². The molecule has 1 aromatic heterocycles. The predicted octanol–water partition coefficient (Wildman–Crippen LogP) is 2.69. The van der Waals surface area contributed by atoms with Crippen LogP contribution in [0, 0.1) is 5.92 Å². The number of carbonyl (C=O) groups excluding carboxylic acids is 1. The highest BCUT2D eigenvalue weighted by molar-refractivity contribution is 5.80. The average Bonchev–Trinajstić information content (AvgIpc) is 2.78. The third-order valence-corrected chi connectivity index (χ3v) is 6.38. The van der Waals surface area contributed by atoms with Gasteiger partial charge < -0.3 is 19.3 Å². The summed E-state index contributed by atoms with van der Waals surface area (Å²) in [5.41, 5.74) is 2.62. The van der Waals surface area contributed by atoms with Crippen molar-refractivity contribution < 1.29 is 14.3 Å². The molecule has 4 rings (SSSR count). The summed E-state index contributed by atoms with van der Waals surface area (Å²) >= 11 is 0. The summed E-state index contributed by atoms with van der Waals surface area (Å²) < 4.78 is 10.7. The molecule has 0 atom stereocenters. The topological polar surface area (TPSA) is 67.8 Å². The molecule has 0 N–H and O–H groups in total. The summed E-state index contributed by atoms with van der Waals surface area (Å²) in [7, 11) is 5.36. The van der Waals surface area contributed by atoms with Crippen molar-refractivity contribution in [2.75, 3.05) is 47.4 Å². The van der Waals surface area contributed by atoms with Crippen LogP contribution < -0.4 is 9.47 Å². The van der Waals surface area contributed by atoms with Crippen LogP contribution in [0.1, 0.15) is 37.3 Å². The van der Waals surface area contributed by atoms with Crippen molar-refractivity contribution in [2.24, 2.45) is 5.92 Å². The highest BCUT2D eigenvalue weighted by atomic mass is 16.5.